The van der Waals surface area contributed by atoms with E-state index in [0.29, 0.717) is 49.5 Å². The number of piperidine rings is 1. The van der Waals surface area contributed by atoms with Gasteiger partial charge in [-0.05, 0) is 65.1 Å². The van der Waals surface area contributed by atoms with Gasteiger partial charge in [0.05, 0.1) is 4.90 Å². The Morgan fingerprint density at radius 1 is 1.21 bits per heavy atom. The van der Waals surface area contributed by atoms with E-state index in [4.69, 9.17) is 0 Å². The van der Waals surface area contributed by atoms with E-state index in [1.54, 1.807) is 6.07 Å². The normalized spacial score (nSPS) is 20.3. The number of sulfonamides is 1. The second-order valence-corrected chi connectivity index (χ2v) is 10.3. The predicted molar refractivity (Wildman–Crippen MR) is 111 cm³/mol. The average Bonchev–Trinajstić information content (AvgIpc) is 3.50. The quantitative estimate of drug-likeness (QED) is 0.753. The standard InChI is InChI=1S/C21H33N3O3S/c1-15-5-8-20(16(2)13-15)28(26,27)24-11-9-18(10-12-24)21(25)22-14-17(3)23(4)19-6-7-19/h5,8,13,17-19H,6-7,9-12,14H2,1-4H3,(H,22,25). The Balaban J connectivity index is 1.52. The Morgan fingerprint density at radius 2 is 1.86 bits per heavy atom. The maximum Gasteiger partial charge on any atom is 0.243 e. The first-order valence-electron chi connectivity index (χ1n) is 10.3. The largest absolute Gasteiger partial charge is 0.354 e. The zero-order valence-electron chi connectivity index (χ0n) is 17.4. The van der Waals surface area contributed by atoms with Crippen molar-refractivity contribution >= 4 is 15.9 Å². The van der Waals surface area contributed by atoms with Gasteiger partial charge in [0.25, 0.3) is 0 Å². The second kappa shape index (κ2) is 8.51. The number of likely N-dealkylation sites (N-methyl/N-ethyl adjacent to an activating group) is 1. The molecule has 7 heteroatoms. The Morgan fingerprint density at radius 3 is 2.43 bits per heavy atom. The Labute approximate surface area is 169 Å². The van der Waals surface area contributed by atoms with Gasteiger partial charge in [-0.1, -0.05) is 17.7 Å². The van der Waals surface area contributed by atoms with Crippen LogP contribution in [-0.2, 0) is 14.8 Å². The van der Waals surface area contributed by atoms with Crippen molar-refractivity contribution in [3.05, 3.63) is 29.3 Å². The van der Waals surface area contributed by atoms with Crippen LogP contribution in [0.4, 0.5) is 0 Å². The summed E-state index contributed by atoms with van der Waals surface area (Å²) in [5.74, 6) is -0.0522. The van der Waals surface area contributed by atoms with Crippen molar-refractivity contribution in [2.45, 2.75) is 63.4 Å². The molecule has 1 aromatic carbocycles. The SMILES string of the molecule is Cc1ccc(S(=O)(=O)N2CCC(C(=O)NCC(C)N(C)C3CC3)CC2)c(C)c1. The molecule has 156 valence electrons. The summed E-state index contributed by atoms with van der Waals surface area (Å²) in [6.45, 7) is 7.36. The summed E-state index contributed by atoms with van der Waals surface area (Å²) in [7, 11) is -1.39. The van der Waals surface area contributed by atoms with E-state index in [0.717, 1.165) is 11.1 Å². The molecule has 0 bridgehead atoms. The lowest BCUT2D eigenvalue weighted by Gasteiger charge is -2.31. The van der Waals surface area contributed by atoms with Crippen molar-refractivity contribution in [3.63, 3.8) is 0 Å². The summed E-state index contributed by atoms with van der Waals surface area (Å²) < 4.78 is 27.5. The first kappa shape index (κ1) is 21.3. The minimum Gasteiger partial charge on any atom is -0.354 e. The molecule has 28 heavy (non-hydrogen) atoms. The minimum absolute atomic E-state index is 0.0552. The highest BCUT2D eigenvalue weighted by atomic mass is 32.2. The Kier molecular flexibility index (Phi) is 6.47. The van der Waals surface area contributed by atoms with Gasteiger partial charge in [-0.2, -0.15) is 4.31 Å². The zero-order chi connectivity index (χ0) is 20.5. The van der Waals surface area contributed by atoms with Crippen molar-refractivity contribution in [3.8, 4) is 0 Å². The summed E-state index contributed by atoms with van der Waals surface area (Å²) in [6, 6.07) is 6.41. The van der Waals surface area contributed by atoms with Crippen LogP contribution in [0.2, 0.25) is 0 Å². The van der Waals surface area contributed by atoms with Gasteiger partial charge in [0.1, 0.15) is 0 Å². The van der Waals surface area contributed by atoms with Crippen molar-refractivity contribution < 1.29 is 13.2 Å². The molecule has 1 saturated carbocycles. The van der Waals surface area contributed by atoms with Crippen molar-refractivity contribution in [1.82, 2.24) is 14.5 Å². The topological polar surface area (TPSA) is 69.7 Å². The first-order chi connectivity index (χ1) is 13.2. The molecule has 1 aromatic rings. The highest BCUT2D eigenvalue weighted by molar-refractivity contribution is 7.89. The minimum atomic E-state index is -3.50. The van der Waals surface area contributed by atoms with Gasteiger partial charge in [-0.15, -0.1) is 0 Å². The van der Waals surface area contributed by atoms with Gasteiger partial charge in [0, 0.05) is 37.6 Å². The number of nitrogens with one attached hydrogen (secondary N) is 1. The van der Waals surface area contributed by atoms with Crippen LogP contribution in [0.3, 0.4) is 0 Å². The summed E-state index contributed by atoms with van der Waals surface area (Å²) in [6.07, 6.45) is 3.65. The molecule has 6 nitrogen and oxygen atoms in total. The average molecular weight is 408 g/mol. The molecule has 1 amide bonds. The fourth-order valence-electron chi connectivity index (χ4n) is 3.96. The maximum absolute atomic E-state index is 13.0. The Hall–Kier alpha value is -1.44. The lowest BCUT2D eigenvalue weighted by Crippen LogP contribution is -2.46. The molecular formula is C21H33N3O3S. The van der Waals surface area contributed by atoms with Gasteiger partial charge in [0.2, 0.25) is 15.9 Å². The predicted octanol–water partition coefficient (Wildman–Crippen LogP) is 2.30. The molecular weight excluding hydrogens is 374 g/mol. The molecule has 1 saturated heterocycles. The molecule has 0 spiro atoms. The van der Waals surface area contributed by atoms with E-state index < -0.39 is 10.0 Å². The molecule has 3 rings (SSSR count). The summed E-state index contributed by atoms with van der Waals surface area (Å²) in [4.78, 5) is 15.2. The number of nitrogens with zero attached hydrogens (tertiary/aromatic N) is 2. The summed E-state index contributed by atoms with van der Waals surface area (Å²) >= 11 is 0. The molecule has 1 aliphatic carbocycles. The van der Waals surface area contributed by atoms with Gasteiger partial charge >= 0.3 is 0 Å². The summed E-state index contributed by atoms with van der Waals surface area (Å²) in [5, 5.41) is 3.07. The van der Waals surface area contributed by atoms with Gasteiger partial charge < -0.3 is 5.32 Å². The van der Waals surface area contributed by atoms with Crippen LogP contribution >= 0.6 is 0 Å². The van der Waals surface area contributed by atoms with Gasteiger partial charge in [-0.25, -0.2) is 8.42 Å². The smallest absolute Gasteiger partial charge is 0.243 e. The number of amides is 1. The molecule has 2 aliphatic rings. The van der Waals surface area contributed by atoms with E-state index >= 15 is 0 Å². The van der Waals surface area contributed by atoms with E-state index in [1.165, 1.54) is 17.1 Å². The molecule has 1 aliphatic heterocycles. The van der Waals surface area contributed by atoms with Crippen molar-refractivity contribution in [2.75, 3.05) is 26.7 Å². The van der Waals surface area contributed by atoms with Crippen molar-refractivity contribution in [1.29, 1.82) is 0 Å². The molecule has 1 atom stereocenters. The van der Waals surface area contributed by atoms with Crippen LogP contribution < -0.4 is 5.32 Å². The molecule has 1 unspecified atom stereocenters. The lowest BCUT2D eigenvalue weighted by atomic mass is 9.97. The molecule has 1 N–H and O–H groups in total. The number of hydrogen-bond acceptors (Lipinski definition) is 4. The van der Waals surface area contributed by atoms with Crippen molar-refractivity contribution in [2.24, 2.45) is 5.92 Å². The van der Waals surface area contributed by atoms with Gasteiger partial charge in [0.15, 0.2) is 0 Å². The third-order valence-corrected chi connectivity index (χ3v) is 8.22. The fraction of sp³-hybridized carbons (Fsp3) is 0.667. The lowest BCUT2D eigenvalue weighted by molar-refractivity contribution is -0.126. The number of hydrogen-bond donors (Lipinski definition) is 1. The molecule has 0 radical (unpaired) electrons. The highest BCUT2D eigenvalue weighted by Gasteiger charge is 2.33. The van der Waals surface area contributed by atoms with E-state index in [9.17, 15) is 13.2 Å². The second-order valence-electron chi connectivity index (χ2n) is 8.44. The molecule has 1 heterocycles. The summed E-state index contributed by atoms with van der Waals surface area (Å²) in [5.41, 5.74) is 1.82. The number of carbonyl (C=O) groups excluding carboxylic acids is 1. The monoisotopic (exact) mass is 407 g/mol. The first-order valence-corrected chi connectivity index (χ1v) is 11.7. The van der Waals surface area contributed by atoms with Crippen LogP contribution in [0.1, 0.15) is 43.7 Å². The number of benzene rings is 1. The highest BCUT2D eigenvalue weighted by Crippen LogP contribution is 2.28. The molecule has 2 fully saturated rings. The van der Waals surface area contributed by atoms with Crippen LogP contribution in [-0.4, -0.2) is 62.3 Å². The number of aryl methyl sites for hydroxylation is 2. The van der Waals surface area contributed by atoms with Crippen LogP contribution in [0.15, 0.2) is 23.1 Å². The van der Waals surface area contributed by atoms with Gasteiger partial charge in [-0.3, -0.25) is 9.69 Å². The fourth-order valence-corrected chi connectivity index (χ4v) is 5.64. The maximum atomic E-state index is 13.0. The van der Waals surface area contributed by atoms with E-state index in [-0.39, 0.29) is 11.8 Å². The van der Waals surface area contributed by atoms with E-state index in [2.05, 4.69) is 24.2 Å². The Bertz CT molecular complexity index is 812. The third kappa shape index (κ3) is 4.75. The zero-order valence-corrected chi connectivity index (χ0v) is 18.3. The van der Waals surface area contributed by atoms with Crippen LogP contribution in [0, 0.1) is 19.8 Å². The van der Waals surface area contributed by atoms with Crippen LogP contribution in [0.25, 0.3) is 0 Å². The number of rotatable bonds is 7. The third-order valence-electron chi connectivity index (χ3n) is 6.16. The van der Waals surface area contributed by atoms with Crippen LogP contribution in [0.5, 0.6) is 0 Å². The van der Waals surface area contributed by atoms with E-state index in [1.807, 2.05) is 26.0 Å². The molecule has 0 aromatic heterocycles. The number of carbonyl (C=O) groups is 1.